The van der Waals surface area contributed by atoms with E-state index in [0.29, 0.717) is 6.54 Å². The summed E-state index contributed by atoms with van der Waals surface area (Å²) in [6.45, 7) is 14.3. The van der Waals surface area contributed by atoms with Crippen LogP contribution >= 0.6 is 0 Å². The highest BCUT2D eigenvalue weighted by atomic mass is 16.6. The van der Waals surface area contributed by atoms with Crippen LogP contribution in [-0.4, -0.2) is 31.3 Å². The number of alkyl carbamates (subject to hydrolysis) is 1. The molecule has 0 bridgehead atoms. The minimum Gasteiger partial charge on any atom is -0.444 e. The molecule has 0 aliphatic rings. The largest absolute Gasteiger partial charge is 0.444 e. The quantitative estimate of drug-likeness (QED) is 0.761. The molecular formula is C12H26N2O2. The number of amides is 1. The van der Waals surface area contributed by atoms with E-state index in [0.717, 1.165) is 13.1 Å². The molecule has 4 heteroatoms. The van der Waals surface area contributed by atoms with Gasteiger partial charge in [-0.3, -0.25) is 0 Å². The molecule has 0 spiro atoms. The van der Waals surface area contributed by atoms with Gasteiger partial charge in [-0.1, -0.05) is 20.8 Å². The number of nitrogens with one attached hydrogen (secondary N) is 2. The van der Waals surface area contributed by atoms with Crippen LogP contribution in [-0.2, 0) is 4.74 Å². The van der Waals surface area contributed by atoms with Crippen LogP contribution < -0.4 is 10.6 Å². The van der Waals surface area contributed by atoms with Crippen molar-refractivity contribution in [1.29, 1.82) is 0 Å². The highest BCUT2D eigenvalue weighted by Gasteiger charge is 2.21. The molecule has 0 aliphatic carbocycles. The molecule has 0 aliphatic heterocycles. The van der Waals surface area contributed by atoms with Crippen molar-refractivity contribution >= 4 is 6.09 Å². The lowest BCUT2D eigenvalue weighted by Gasteiger charge is -2.26. The van der Waals surface area contributed by atoms with Crippen molar-refractivity contribution in [3.63, 3.8) is 0 Å². The average Bonchev–Trinajstić information content (AvgIpc) is 2.09. The number of hydrogen-bond donors (Lipinski definition) is 2. The Morgan fingerprint density at radius 2 is 1.69 bits per heavy atom. The Labute approximate surface area is 99.1 Å². The molecular weight excluding hydrogens is 204 g/mol. The number of ether oxygens (including phenoxy) is 1. The molecule has 96 valence electrons. The predicted octanol–water partition coefficient (Wildman–Crippen LogP) is 2.15. The fraction of sp³-hybridized carbons (Fsp3) is 0.917. The Hall–Kier alpha value is -0.770. The zero-order valence-corrected chi connectivity index (χ0v) is 11.4. The molecule has 0 saturated carbocycles. The van der Waals surface area contributed by atoms with Gasteiger partial charge in [-0.15, -0.1) is 0 Å². The summed E-state index contributed by atoms with van der Waals surface area (Å²) in [6, 6.07) is 0. The van der Waals surface area contributed by atoms with E-state index in [1.807, 2.05) is 20.8 Å². The third kappa shape index (κ3) is 8.53. The maximum atomic E-state index is 11.4. The lowest BCUT2D eigenvalue weighted by atomic mass is 9.93. The minimum absolute atomic E-state index is 0.0346. The summed E-state index contributed by atoms with van der Waals surface area (Å²) in [5.74, 6) is 0. The van der Waals surface area contributed by atoms with E-state index in [1.165, 1.54) is 0 Å². The first-order valence-corrected chi connectivity index (χ1v) is 5.84. The summed E-state index contributed by atoms with van der Waals surface area (Å²) in [7, 11) is 0. The number of rotatable bonds is 5. The Morgan fingerprint density at radius 3 is 2.12 bits per heavy atom. The average molecular weight is 230 g/mol. The number of carbonyl (C=O) groups is 1. The second-order valence-corrected chi connectivity index (χ2v) is 5.80. The van der Waals surface area contributed by atoms with Gasteiger partial charge in [0.1, 0.15) is 5.60 Å². The minimum atomic E-state index is -0.435. The van der Waals surface area contributed by atoms with Crippen molar-refractivity contribution in [1.82, 2.24) is 10.6 Å². The Balaban J connectivity index is 3.90. The second-order valence-electron chi connectivity index (χ2n) is 5.80. The summed E-state index contributed by atoms with van der Waals surface area (Å²) >= 11 is 0. The predicted molar refractivity (Wildman–Crippen MR) is 66.6 cm³/mol. The Bertz CT molecular complexity index is 220. The molecule has 4 nitrogen and oxygen atoms in total. The van der Waals surface area contributed by atoms with Gasteiger partial charge in [0.2, 0.25) is 0 Å². The topological polar surface area (TPSA) is 50.4 Å². The lowest BCUT2D eigenvalue weighted by molar-refractivity contribution is 0.0506. The normalized spacial score (nSPS) is 12.4. The first-order valence-electron chi connectivity index (χ1n) is 5.84. The van der Waals surface area contributed by atoms with E-state index in [9.17, 15) is 4.79 Å². The van der Waals surface area contributed by atoms with Crippen LogP contribution in [0.15, 0.2) is 0 Å². The maximum absolute atomic E-state index is 11.4. The van der Waals surface area contributed by atoms with Crippen molar-refractivity contribution in [3.05, 3.63) is 0 Å². The van der Waals surface area contributed by atoms with Gasteiger partial charge in [0, 0.05) is 13.1 Å². The summed E-state index contributed by atoms with van der Waals surface area (Å²) in [5.41, 5.74) is -0.400. The van der Waals surface area contributed by atoms with Gasteiger partial charge in [0.15, 0.2) is 0 Å². The fourth-order valence-corrected chi connectivity index (χ4v) is 1.15. The molecule has 0 aromatic rings. The van der Waals surface area contributed by atoms with Crippen LogP contribution in [0.1, 0.15) is 41.5 Å². The Morgan fingerprint density at radius 1 is 1.12 bits per heavy atom. The summed E-state index contributed by atoms with van der Waals surface area (Å²) in [6.07, 6.45) is -0.350. The second kappa shape index (κ2) is 6.09. The molecule has 0 aromatic heterocycles. The molecule has 16 heavy (non-hydrogen) atoms. The van der Waals surface area contributed by atoms with Gasteiger partial charge in [0.05, 0.1) is 0 Å². The van der Waals surface area contributed by atoms with Crippen molar-refractivity contribution < 1.29 is 9.53 Å². The third-order valence-corrected chi connectivity index (χ3v) is 1.96. The zero-order chi connectivity index (χ0) is 12.8. The van der Waals surface area contributed by atoms with Crippen LogP contribution in [0.5, 0.6) is 0 Å². The van der Waals surface area contributed by atoms with Gasteiger partial charge in [-0.25, -0.2) is 4.79 Å². The van der Waals surface area contributed by atoms with Crippen molar-refractivity contribution in [3.8, 4) is 0 Å². The molecule has 0 atom stereocenters. The van der Waals surface area contributed by atoms with Crippen LogP contribution in [0.25, 0.3) is 0 Å². The molecule has 0 fully saturated rings. The van der Waals surface area contributed by atoms with Gasteiger partial charge < -0.3 is 15.4 Å². The SMILES string of the molecule is CCNCC(C)(C)CNC(=O)OC(C)(C)C. The standard InChI is InChI=1S/C12H26N2O2/c1-7-13-8-12(5,6)9-14-10(15)16-11(2,3)4/h13H,7-9H2,1-6H3,(H,14,15). The molecule has 0 unspecified atom stereocenters. The number of hydrogen-bond acceptors (Lipinski definition) is 3. The smallest absolute Gasteiger partial charge is 0.407 e. The molecule has 0 aromatic carbocycles. The van der Waals surface area contributed by atoms with Gasteiger partial charge in [-0.2, -0.15) is 0 Å². The highest BCUT2D eigenvalue weighted by molar-refractivity contribution is 5.67. The van der Waals surface area contributed by atoms with Crippen LogP contribution in [0.4, 0.5) is 4.79 Å². The summed E-state index contributed by atoms with van der Waals surface area (Å²) < 4.78 is 5.17. The van der Waals surface area contributed by atoms with Crippen molar-refractivity contribution in [2.45, 2.75) is 47.1 Å². The molecule has 0 heterocycles. The van der Waals surface area contributed by atoms with E-state index < -0.39 is 5.60 Å². The molecule has 2 N–H and O–H groups in total. The van der Waals surface area contributed by atoms with Gasteiger partial charge in [-0.05, 0) is 32.7 Å². The molecule has 1 amide bonds. The van der Waals surface area contributed by atoms with E-state index >= 15 is 0 Å². The highest BCUT2D eigenvalue weighted by Crippen LogP contribution is 2.12. The Kier molecular flexibility index (Phi) is 5.79. The number of carbonyl (C=O) groups excluding carboxylic acids is 1. The van der Waals surface area contributed by atoms with E-state index in [-0.39, 0.29) is 11.5 Å². The fourth-order valence-electron chi connectivity index (χ4n) is 1.15. The summed E-state index contributed by atoms with van der Waals surface area (Å²) in [4.78, 5) is 11.4. The first kappa shape index (κ1) is 15.2. The van der Waals surface area contributed by atoms with Gasteiger partial charge in [0.25, 0.3) is 0 Å². The van der Waals surface area contributed by atoms with E-state index in [2.05, 4.69) is 31.4 Å². The van der Waals surface area contributed by atoms with Crippen LogP contribution in [0, 0.1) is 5.41 Å². The lowest BCUT2D eigenvalue weighted by Crippen LogP contribution is -2.42. The van der Waals surface area contributed by atoms with E-state index in [1.54, 1.807) is 0 Å². The molecule has 0 radical (unpaired) electrons. The monoisotopic (exact) mass is 230 g/mol. The summed E-state index contributed by atoms with van der Waals surface area (Å²) in [5, 5.41) is 6.06. The molecule has 0 rings (SSSR count). The van der Waals surface area contributed by atoms with Crippen molar-refractivity contribution in [2.75, 3.05) is 19.6 Å². The zero-order valence-electron chi connectivity index (χ0n) is 11.4. The van der Waals surface area contributed by atoms with Crippen LogP contribution in [0.3, 0.4) is 0 Å². The van der Waals surface area contributed by atoms with Crippen LogP contribution in [0.2, 0.25) is 0 Å². The van der Waals surface area contributed by atoms with Gasteiger partial charge >= 0.3 is 6.09 Å². The van der Waals surface area contributed by atoms with Crippen molar-refractivity contribution in [2.24, 2.45) is 5.41 Å². The first-order chi connectivity index (χ1) is 7.16. The van der Waals surface area contributed by atoms with E-state index in [4.69, 9.17) is 4.74 Å². The third-order valence-electron chi connectivity index (χ3n) is 1.96. The molecule has 0 saturated heterocycles. The maximum Gasteiger partial charge on any atom is 0.407 e.